The number of carbonyl (C=O) groups excluding carboxylic acids is 1. The summed E-state index contributed by atoms with van der Waals surface area (Å²) in [6, 6.07) is 7.32. The first-order valence-corrected chi connectivity index (χ1v) is 6.92. The number of hydrogen-bond donors (Lipinski definition) is 1. The first-order valence-electron chi connectivity index (χ1n) is 5.07. The topological polar surface area (TPSA) is 66.5 Å². The molecule has 0 saturated heterocycles. The minimum atomic E-state index is -3.33. The van der Waals surface area contributed by atoms with Gasteiger partial charge >= 0.3 is 0 Å². The Morgan fingerprint density at radius 2 is 1.94 bits per heavy atom. The van der Waals surface area contributed by atoms with E-state index in [1.807, 2.05) is 25.1 Å². The number of nitrogens with one attached hydrogen (secondary N) is 1. The van der Waals surface area contributed by atoms with E-state index in [9.17, 15) is 13.2 Å². The zero-order valence-electron chi connectivity index (χ0n) is 10.1. The summed E-state index contributed by atoms with van der Waals surface area (Å²) in [6.07, 6.45) is 1.06. The average molecular weight is 256 g/mol. The molecule has 5 nitrogen and oxygen atoms in total. The summed E-state index contributed by atoms with van der Waals surface area (Å²) >= 11 is 0. The number of para-hydroxylation sites is 1. The molecule has 1 aromatic carbocycles. The smallest absolute Gasteiger partial charge is 0.239 e. The highest BCUT2D eigenvalue weighted by Gasteiger charge is 2.15. The van der Waals surface area contributed by atoms with Crippen molar-refractivity contribution in [2.75, 3.05) is 25.2 Å². The molecule has 94 valence electrons. The first-order chi connectivity index (χ1) is 7.80. The Kier molecular flexibility index (Phi) is 4.25. The Hall–Kier alpha value is -1.40. The van der Waals surface area contributed by atoms with Crippen LogP contribution in [0.25, 0.3) is 0 Å². The van der Waals surface area contributed by atoms with Crippen LogP contribution in [-0.2, 0) is 14.8 Å². The fourth-order valence-corrected chi connectivity index (χ4v) is 1.57. The van der Waals surface area contributed by atoms with Gasteiger partial charge in [0.1, 0.15) is 0 Å². The van der Waals surface area contributed by atoms with E-state index in [0.29, 0.717) is 5.69 Å². The maximum absolute atomic E-state index is 11.6. The Morgan fingerprint density at radius 3 is 2.47 bits per heavy atom. The Labute approximate surface area is 101 Å². The van der Waals surface area contributed by atoms with E-state index in [1.165, 1.54) is 7.05 Å². The number of likely N-dealkylation sites (N-methyl/N-ethyl adjacent to an activating group) is 1. The van der Waals surface area contributed by atoms with Crippen LogP contribution in [0.1, 0.15) is 5.56 Å². The van der Waals surface area contributed by atoms with Crippen molar-refractivity contribution >= 4 is 21.6 Å². The maximum Gasteiger partial charge on any atom is 0.239 e. The van der Waals surface area contributed by atoms with Gasteiger partial charge in [0.15, 0.2) is 0 Å². The molecule has 0 spiro atoms. The minimum Gasteiger partial charge on any atom is -0.325 e. The van der Waals surface area contributed by atoms with Gasteiger partial charge in [0.05, 0.1) is 12.8 Å². The summed E-state index contributed by atoms with van der Waals surface area (Å²) < 4.78 is 23.3. The van der Waals surface area contributed by atoms with Crippen molar-refractivity contribution in [2.45, 2.75) is 6.92 Å². The van der Waals surface area contributed by atoms with Crippen LogP contribution in [0.2, 0.25) is 0 Å². The summed E-state index contributed by atoms with van der Waals surface area (Å²) in [6.45, 7) is 1.68. The van der Waals surface area contributed by atoms with E-state index in [-0.39, 0.29) is 12.5 Å². The summed E-state index contributed by atoms with van der Waals surface area (Å²) in [7, 11) is -1.96. The second kappa shape index (κ2) is 5.29. The number of carbonyl (C=O) groups is 1. The molecule has 0 radical (unpaired) electrons. The van der Waals surface area contributed by atoms with Crippen LogP contribution in [0, 0.1) is 6.92 Å². The van der Waals surface area contributed by atoms with Crippen LogP contribution in [-0.4, -0.2) is 38.5 Å². The number of amides is 1. The number of anilines is 1. The Balaban J connectivity index is 2.66. The van der Waals surface area contributed by atoms with Gasteiger partial charge in [0.2, 0.25) is 15.9 Å². The fourth-order valence-electron chi connectivity index (χ4n) is 1.22. The third-order valence-electron chi connectivity index (χ3n) is 2.35. The van der Waals surface area contributed by atoms with Crippen molar-refractivity contribution in [3.8, 4) is 0 Å². The number of benzene rings is 1. The van der Waals surface area contributed by atoms with E-state index < -0.39 is 10.0 Å². The number of sulfonamides is 1. The second-order valence-electron chi connectivity index (χ2n) is 3.88. The summed E-state index contributed by atoms with van der Waals surface area (Å²) in [5, 5.41) is 2.67. The molecule has 0 saturated carbocycles. The highest BCUT2D eigenvalue weighted by molar-refractivity contribution is 7.88. The summed E-state index contributed by atoms with van der Waals surface area (Å²) in [4.78, 5) is 11.6. The van der Waals surface area contributed by atoms with Gasteiger partial charge in [-0.05, 0) is 18.6 Å². The number of rotatable bonds is 4. The molecular weight excluding hydrogens is 240 g/mol. The second-order valence-corrected chi connectivity index (χ2v) is 5.97. The normalized spacial score (nSPS) is 11.5. The van der Waals surface area contributed by atoms with E-state index >= 15 is 0 Å². The van der Waals surface area contributed by atoms with Gasteiger partial charge in [0.25, 0.3) is 0 Å². The molecule has 0 heterocycles. The molecule has 17 heavy (non-hydrogen) atoms. The first kappa shape index (κ1) is 13.7. The van der Waals surface area contributed by atoms with Gasteiger partial charge in [-0.15, -0.1) is 0 Å². The molecule has 0 aromatic heterocycles. The number of aryl methyl sites for hydroxylation is 1. The maximum atomic E-state index is 11.6. The van der Waals surface area contributed by atoms with Crippen LogP contribution in [0.4, 0.5) is 5.69 Å². The lowest BCUT2D eigenvalue weighted by atomic mass is 10.2. The van der Waals surface area contributed by atoms with Crippen LogP contribution >= 0.6 is 0 Å². The molecule has 0 aliphatic carbocycles. The van der Waals surface area contributed by atoms with E-state index in [0.717, 1.165) is 16.1 Å². The molecule has 0 aliphatic rings. The van der Waals surface area contributed by atoms with E-state index in [2.05, 4.69) is 5.32 Å². The lowest BCUT2D eigenvalue weighted by Gasteiger charge is -2.14. The SMILES string of the molecule is Cc1ccccc1NC(=O)CN(C)S(C)(=O)=O. The summed E-state index contributed by atoms with van der Waals surface area (Å²) in [5.41, 5.74) is 1.63. The highest BCUT2D eigenvalue weighted by Crippen LogP contribution is 2.12. The quantitative estimate of drug-likeness (QED) is 0.867. The largest absolute Gasteiger partial charge is 0.325 e. The average Bonchev–Trinajstić information content (AvgIpc) is 2.20. The van der Waals surface area contributed by atoms with Gasteiger partial charge in [-0.3, -0.25) is 4.79 Å². The molecule has 0 aliphatic heterocycles. The molecule has 1 amide bonds. The third-order valence-corrected chi connectivity index (χ3v) is 3.61. The molecule has 1 N–H and O–H groups in total. The lowest BCUT2D eigenvalue weighted by molar-refractivity contribution is -0.116. The molecule has 0 unspecified atom stereocenters. The van der Waals surface area contributed by atoms with Crippen LogP contribution < -0.4 is 5.32 Å². The van der Waals surface area contributed by atoms with Crippen molar-refractivity contribution in [3.63, 3.8) is 0 Å². The van der Waals surface area contributed by atoms with Gasteiger partial charge in [-0.1, -0.05) is 18.2 Å². The fraction of sp³-hybridized carbons (Fsp3) is 0.364. The Bertz CT molecular complexity index is 511. The third kappa shape index (κ3) is 4.16. The predicted molar refractivity (Wildman–Crippen MR) is 67.3 cm³/mol. The minimum absolute atomic E-state index is 0.187. The molecule has 1 aromatic rings. The van der Waals surface area contributed by atoms with E-state index in [4.69, 9.17) is 0 Å². The van der Waals surface area contributed by atoms with E-state index in [1.54, 1.807) is 6.07 Å². The zero-order chi connectivity index (χ0) is 13.1. The van der Waals surface area contributed by atoms with Crippen molar-refractivity contribution < 1.29 is 13.2 Å². The number of hydrogen-bond acceptors (Lipinski definition) is 3. The van der Waals surface area contributed by atoms with Gasteiger partial charge in [0, 0.05) is 12.7 Å². The van der Waals surface area contributed by atoms with Crippen molar-refractivity contribution in [3.05, 3.63) is 29.8 Å². The van der Waals surface area contributed by atoms with Crippen molar-refractivity contribution in [1.82, 2.24) is 4.31 Å². The van der Waals surface area contributed by atoms with Crippen molar-refractivity contribution in [1.29, 1.82) is 0 Å². The monoisotopic (exact) mass is 256 g/mol. The molecule has 6 heteroatoms. The molecule has 0 atom stereocenters. The molecule has 1 rings (SSSR count). The summed E-state index contributed by atoms with van der Waals surface area (Å²) in [5.74, 6) is -0.354. The molecule has 0 bridgehead atoms. The van der Waals surface area contributed by atoms with Gasteiger partial charge < -0.3 is 5.32 Å². The highest BCUT2D eigenvalue weighted by atomic mass is 32.2. The van der Waals surface area contributed by atoms with Crippen LogP contribution in [0.5, 0.6) is 0 Å². The van der Waals surface area contributed by atoms with Gasteiger partial charge in [-0.25, -0.2) is 8.42 Å². The van der Waals surface area contributed by atoms with Crippen molar-refractivity contribution in [2.24, 2.45) is 0 Å². The molecule has 0 fully saturated rings. The van der Waals surface area contributed by atoms with Gasteiger partial charge in [-0.2, -0.15) is 4.31 Å². The zero-order valence-corrected chi connectivity index (χ0v) is 10.9. The number of nitrogens with zero attached hydrogens (tertiary/aromatic N) is 1. The Morgan fingerprint density at radius 1 is 1.35 bits per heavy atom. The predicted octanol–water partition coefficient (Wildman–Crippen LogP) is 0.825. The van der Waals surface area contributed by atoms with Crippen LogP contribution in [0.3, 0.4) is 0 Å². The van der Waals surface area contributed by atoms with Crippen LogP contribution in [0.15, 0.2) is 24.3 Å². The standard InChI is InChI=1S/C11H16N2O3S/c1-9-6-4-5-7-10(9)12-11(14)8-13(2)17(3,15)16/h4-7H,8H2,1-3H3,(H,12,14). The molecular formula is C11H16N2O3S. The lowest BCUT2D eigenvalue weighted by Crippen LogP contribution is -2.34.